The lowest BCUT2D eigenvalue weighted by atomic mass is 10.2. The first-order valence-corrected chi connectivity index (χ1v) is 9.09. The minimum absolute atomic E-state index is 0.300. The van der Waals surface area contributed by atoms with Crippen LogP contribution in [0.5, 0.6) is 0 Å². The molecule has 0 amide bonds. The fraction of sp³-hybridized carbons (Fsp3) is 0.692. The van der Waals surface area contributed by atoms with Crippen LogP contribution in [0.15, 0.2) is 21.7 Å². The SMILES string of the molecule is CC(C)CN(CC1CCCN1)S(=O)(=O)c1cccs1. The van der Waals surface area contributed by atoms with Crippen molar-refractivity contribution in [3.8, 4) is 0 Å². The molecule has 0 radical (unpaired) electrons. The lowest BCUT2D eigenvalue weighted by Crippen LogP contribution is -2.42. The summed E-state index contributed by atoms with van der Waals surface area (Å²) < 4.78 is 27.3. The van der Waals surface area contributed by atoms with Crippen molar-refractivity contribution in [3.63, 3.8) is 0 Å². The Labute approximate surface area is 119 Å². The van der Waals surface area contributed by atoms with Crippen molar-refractivity contribution in [1.29, 1.82) is 0 Å². The number of sulfonamides is 1. The Balaban J connectivity index is 2.16. The van der Waals surface area contributed by atoms with Crippen LogP contribution in [0, 0.1) is 5.92 Å². The Hall–Kier alpha value is -0.430. The number of rotatable bonds is 6. The van der Waals surface area contributed by atoms with Gasteiger partial charge in [0, 0.05) is 19.1 Å². The summed E-state index contributed by atoms with van der Waals surface area (Å²) in [5.41, 5.74) is 0. The lowest BCUT2D eigenvalue weighted by molar-refractivity contribution is 0.337. The van der Waals surface area contributed by atoms with Gasteiger partial charge in [-0.2, -0.15) is 4.31 Å². The Morgan fingerprint density at radius 1 is 1.53 bits per heavy atom. The second kappa shape index (κ2) is 6.35. The largest absolute Gasteiger partial charge is 0.313 e. The molecule has 1 aromatic heterocycles. The maximum absolute atomic E-state index is 12.6. The molecule has 0 spiro atoms. The zero-order valence-electron chi connectivity index (χ0n) is 11.5. The van der Waals surface area contributed by atoms with Gasteiger partial charge in [0.2, 0.25) is 0 Å². The van der Waals surface area contributed by atoms with Crippen molar-refractivity contribution in [2.75, 3.05) is 19.6 Å². The molecule has 1 unspecified atom stereocenters. The first-order chi connectivity index (χ1) is 9.00. The van der Waals surface area contributed by atoms with E-state index in [0.29, 0.717) is 29.3 Å². The summed E-state index contributed by atoms with van der Waals surface area (Å²) in [6, 6.07) is 3.78. The van der Waals surface area contributed by atoms with Gasteiger partial charge in [-0.1, -0.05) is 19.9 Å². The number of nitrogens with one attached hydrogen (secondary N) is 1. The van der Waals surface area contributed by atoms with E-state index in [0.717, 1.165) is 19.4 Å². The zero-order chi connectivity index (χ0) is 13.9. The molecule has 1 saturated heterocycles. The van der Waals surface area contributed by atoms with E-state index in [1.165, 1.54) is 11.3 Å². The smallest absolute Gasteiger partial charge is 0.252 e. The molecule has 2 rings (SSSR count). The molecule has 108 valence electrons. The molecule has 0 aromatic carbocycles. The van der Waals surface area contributed by atoms with E-state index in [1.807, 2.05) is 5.38 Å². The van der Waals surface area contributed by atoms with E-state index < -0.39 is 10.0 Å². The van der Waals surface area contributed by atoms with Crippen molar-refractivity contribution >= 4 is 21.4 Å². The summed E-state index contributed by atoms with van der Waals surface area (Å²) in [5, 5.41) is 5.19. The monoisotopic (exact) mass is 302 g/mol. The molecule has 1 aromatic rings. The third-order valence-corrected chi connectivity index (χ3v) is 6.45. The molecule has 1 fully saturated rings. The van der Waals surface area contributed by atoms with E-state index in [9.17, 15) is 8.42 Å². The summed E-state index contributed by atoms with van der Waals surface area (Å²) in [4.78, 5) is 0. The molecular weight excluding hydrogens is 280 g/mol. The van der Waals surface area contributed by atoms with Crippen molar-refractivity contribution in [2.24, 2.45) is 5.92 Å². The van der Waals surface area contributed by atoms with Crippen LogP contribution in [0.3, 0.4) is 0 Å². The highest BCUT2D eigenvalue weighted by atomic mass is 32.2. The Morgan fingerprint density at radius 3 is 2.84 bits per heavy atom. The van der Waals surface area contributed by atoms with E-state index in [4.69, 9.17) is 0 Å². The van der Waals surface area contributed by atoms with Crippen molar-refractivity contribution in [2.45, 2.75) is 36.9 Å². The van der Waals surface area contributed by atoms with E-state index in [-0.39, 0.29) is 0 Å². The van der Waals surface area contributed by atoms with Gasteiger partial charge in [0.25, 0.3) is 10.0 Å². The summed E-state index contributed by atoms with van der Waals surface area (Å²) in [6.07, 6.45) is 2.20. The molecule has 19 heavy (non-hydrogen) atoms. The summed E-state index contributed by atoms with van der Waals surface area (Å²) in [7, 11) is -3.33. The van der Waals surface area contributed by atoms with Gasteiger partial charge >= 0.3 is 0 Å². The Morgan fingerprint density at radius 2 is 2.32 bits per heavy atom. The number of thiophene rings is 1. The van der Waals surface area contributed by atoms with Gasteiger partial charge in [0.15, 0.2) is 0 Å². The molecule has 1 N–H and O–H groups in total. The summed E-state index contributed by atoms with van der Waals surface area (Å²) in [5.74, 6) is 0.330. The molecule has 4 nitrogen and oxygen atoms in total. The van der Waals surface area contributed by atoms with Crippen LogP contribution in [-0.4, -0.2) is 38.4 Å². The van der Waals surface area contributed by atoms with Crippen LogP contribution < -0.4 is 5.32 Å². The van der Waals surface area contributed by atoms with Crippen LogP contribution in [0.25, 0.3) is 0 Å². The maximum Gasteiger partial charge on any atom is 0.252 e. The quantitative estimate of drug-likeness (QED) is 0.876. The minimum atomic E-state index is -3.33. The van der Waals surface area contributed by atoms with E-state index >= 15 is 0 Å². The molecule has 1 aliphatic heterocycles. The van der Waals surface area contributed by atoms with Crippen molar-refractivity contribution in [3.05, 3.63) is 17.5 Å². The van der Waals surface area contributed by atoms with E-state index in [2.05, 4.69) is 19.2 Å². The van der Waals surface area contributed by atoms with Crippen LogP contribution in [-0.2, 0) is 10.0 Å². The average molecular weight is 302 g/mol. The first-order valence-electron chi connectivity index (χ1n) is 6.77. The molecule has 6 heteroatoms. The molecule has 1 aliphatic rings. The van der Waals surface area contributed by atoms with Gasteiger partial charge in [-0.3, -0.25) is 0 Å². The maximum atomic E-state index is 12.6. The molecule has 0 saturated carbocycles. The third kappa shape index (κ3) is 3.78. The van der Waals surface area contributed by atoms with Gasteiger partial charge in [-0.15, -0.1) is 11.3 Å². The second-order valence-corrected chi connectivity index (χ2v) is 8.55. The van der Waals surface area contributed by atoms with Gasteiger partial charge < -0.3 is 5.32 Å². The topological polar surface area (TPSA) is 49.4 Å². The van der Waals surface area contributed by atoms with Crippen molar-refractivity contribution < 1.29 is 8.42 Å². The highest BCUT2D eigenvalue weighted by molar-refractivity contribution is 7.91. The number of nitrogens with zero attached hydrogens (tertiary/aromatic N) is 1. The molecule has 0 aliphatic carbocycles. The van der Waals surface area contributed by atoms with Gasteiger partial charge in [-0.05, 0) is 36.8 Å². The molecule has 0 bridgehead atoms. The zero-order valence-corrected chi connectivity index (χ0v) is 13.1. The molecule has 2 heterocycles. The molecular formula is C13H22N2O2S2. The van der Waals surface area contributed by atoms with E-state index in [1.54, 1.807) is 16.4 Å². The normalized spacial score (nSPS) is 20.5. The first kappa shape index (κ1) is 15.0. The summed E-state index contributed by atoms with van der Waals surface area (Å²) in [6.45, 7) is 6.27. The van der Waals surface area contributed by atoms with Crippen molar-refractivity contribution in [1.82, 2.24) is 9.62 Å². The number of hydrogen-bond donors (Lipinski definition) is 1. The minimum Gasteiger partial charge on any atom is -0.313 e. The fourth-order valence-corrected chi connectivity index (χ4v) is 5.17. The highest BCUT2D eigenvalue weighted by Gasteiger charge is 2.29. The number of hydrogen-bond acceptors (Lipinski definition) is 4. The van der Waals surface area contributed by atoms with Gasteiger partial charge in [0.05, 0.1) is 0 Å². The Kier molecular flexibility index (Phi) is 5.00. The van der Waals surface area contributed by atoms with Crippen LogP contribution >= 0.6 is 11.3 Å². The second-order valence-electron chi connectivity index (χ2n) is 5.44. The highest BCUT2D eigenvalue weighted by Crippen LogP contribution is 2.23. The fourth-order valence-electron chi connectivity index (χ4n) is 2.37. The summed E-state index contributed by atoms with van der Waals surface area (Å²) >= 11 is 1.29. The predicted molar refractivity (Wildman–Crippen MR) is 78.9 cm³/mol. The lowest BCUT2D eigenvalue weighted by Gasteiger charge is -2.26. The third-order valence-electron chi connectivity index (χ3n) is 3.24. The van der Waals surface area contributed by atoms with Crippen LogP contribution in [0.2, 0.25) is 0 Å². The van der Waals surface area contributed by atoms with Gasteiger partial charge in [-0.25, -0.2) is 8.42 Å². The Bertz CT molecular complexity index is 477. The van der Waals surface area contributed by atoms with Crippen LogP contribution in [0.4, 0.5) is 0 Å². The van der Waals surface area contributed by atoms with Gasteiger partial charge in [0.1, 0.15) is 4.21 Å². The predicted octanol–water partition coefficient (Wildman–Crippen LogP) is 2.15. The van der Waals surface area contributed by atoms with Crippen LogP contribution in [0.1, 0.15) is 26.7 Å². The standard InChI is InChI=1S/C13H22N2O2S2/c1-11(2)9-15(10-12-5-3-7-14-12)19(16,17)13-6-4-8-18-13/h4,6,8,11-12,14H,3,5,7,9-10H2,1-2H3. The molecule has 1 atom stereocenters. The average Bonchev–Trinajstić information content (AvgIpc) is 3.00.